The van der Waals surface area contributed by atoms with Crippen LogP contribution in [0.15, 0.2) is 48.6 Å². The molecule has 0 radical (unpaired) electrons. The maximum absolute atomic E-state index is 10.9. The largest absolute Gasteiger partial charge is 0.481 e. The first kappa shape index (κ1) is 12.7. The third-order valence-corrected chi connectivity index (χ3v) is 2.24. The Balaban J connectivity index is 2.89. The van der Waals surface area contributed by atoms with Crippen molar-refractivity contribution < 1.29 is 14.7 Å². The van der Waals surface area contributed by atoms with Crippen molar-refractivity contribution in [2.75, 3.05) is 0 Å². The minimum atomic E-state index is -1.15. The molecular formula is C13H13NO3. The summed E-state index contributed by atoms with van der Waals surface area (Å²) in [4.78, 5) is 21.8. The van der Waals surface area contributed by atoms with Crippen LogP contribution in [0.3, 0.4) is 0 Å². The molecule has 17 heavy (non-hydrogen) atoms. The molecule has 4 nitrogen and oxygen atoms in total. The molecule has 0 aromatic heterocycles. The summed E-state index contributed by atoms with van der Waals surface area (Å²) in [6.07, 6.45) is 3.01. The first-order chi connectivity index (χ1) is 8.02. The van der Waals surface area contributed by atoms with Gasteiger partial charge in [0, 0.05) is 5.57 Å². The number of carbonyl (C=O) groups excluding carboxylic acids is 1. The van der Waals surface area contributed by atoms with Crippen molar-refractivity contribution in [1.82, 2.24) is 0 Å². The SMILES string of the molecule is C=C(C(N)=O)C(C=Cc1ccccc1)C(=O)O. The second-order valence-corrected chi connectivity index (χ2v) is 3.48. The maximum Gasteiger partial charge on any atom is 0.315 e. The molecule has 1 atom stereocenters. The van der Waals surface area contributed by atoms with Crippen LogP contribution in [0.4, 0.5) is 0 Å². The average molecular weight is 231 g/mol. The van der Waals surface area contributed by atoms with Gasteiger partial charge in [0.25, 0.3) is 0 Å². The molecule has 4 heteroatoms. The quantitative estimate of drug-likeness (QED) is 0.752. The van der Waals surface area contributed by atoms with Gasteiger partial charge in [-0.25, -0.2) is 0 Å². The number of hydrogen-bond donors (Lipinski definition) is 2. The molecule has 0 saturated heterocycles. The fraction of sp³-hybridized carbons (Fsp3) is 0.0769. The number of carboxylic acids is 1. The van der Waals surface area contributed by atoms with E-state index in [-0.39, 0.29) is 5.57 Å². The summed E-state index contributed by atoms with van der Waals surface area (Å²) >= 11 is 0. The molecule has 1 amide bonds. The van der Waals surface area contributed by atoms with Gasteiger partial charge in [-0.2, -0.15) is 0 Å². The average Bonchev–Trinajstić information content (AvgIpc) is 2.29. The van der Waals surface area contributed by atoms with Gasteiger partial charge in [0.05, 0.1) is 0 Å². The predicted molar refractivity (Wildman–Crippen MR) is 64.9 cm³/mol. The Bertz CT molecular complexity index is 463. The Hall–Kier alpha value is -2.36. The molecule has 1 aromatic carbocycles. The van der Waals surface area contributed by atoms with Crippen molar-refractivity contribution in [3.8, 4) is 0 Å². The van der Waals surface area contributed by atoms with Crippen LogP contribution in [-0.2, 0) is 9.59 Å². The molecule has 0 spiro atoms. The molecule has 1 aromatic rings. The van der Waals surface area contributed by atoms with Crippen LogP contribution in [0, 0.1) is 5.92 Å². The zero-order valence-corrected chi connectivity index (χ0v) is 9.17. The van der Waals surface area contributed by atoms with E-state index in [4.69, 9.17) is 10.8 Å². The van der Waals surface area contributed by atoms with Crippen molar-refractivity contribution in [2.24, 2.45) is 11.7 Å². The smallest absolute Gasteiger partial charge is 0.315 e. The van der Waals surface area contributed by atoms with Crippen LogP contribution in [0.1, 0.15) is 5.56 Å². The van der Waals surface area contributed by atoms with Gasteiger partial charge in [0.2, 0.25) is 5.91 Å². The van der Waals surface area contributed by atoms with Crippen molar-refractivity contribution in [3.63, 3.8) is 0 Å². The molecule has 88 valence electrons. The number of hydrogen-bond acceptors (Lipinski definition) is 2. The van der Waals surface area contributed by atoms with Crippen molar-refractivity contribution in [2.45, 2.75) is 0 Å². The van der Waals surface area contributed by atoms with Gasteiger partial charge in [-0.15, -0.1) is 0 Å². The summed E-state index contributed by atoms with van der Waals surface area (Å²) in [5, 5.41) is 8.95. The molecule has 0 aliphatic carbocycles. The second-order valence-electron chi connectivity index (χ2n) is 3.48. The van der Waals surface area contributed by atoms with Gasteiger partial charge in [-0.1, -0.05) is 49.1 Å². The van der Waals surface area contributed by atoms with E-state index in [1.54, 1.807) is 6.08 Å². The maximum atomic E-state index is 10.9. The second kappa shape index (κ2) is 5.65. The first-order valence-electron chi connectivity index (χ1n) is 4.97. The standard InChI is InChI=1S/C13H13NO3/c1-9(12(14)15)11(13(16)17)8-7-10-5-3-2-4-6-10/h2-8,11H,1H2,(H2,14,15)(H,16,17). The lowest BCUT2D eigenvalue weighted by Crippen LogP contribution is -2.24. The summed E-state index contributed by atoms with van der Waals surface area (Å²) in [6, 6.07) is 9.16. The van der Waals surface area contributed by atoms with E-state index in [0.717, 1.165) is 5.56 Å². The Morgan fingerprint density at radius 1 is 1.29 bits per heavy atom. The summed E-state index contributed by atoms with van der Waals surface area (Å²) in [5.41, 5.74) is 5.72. The minimum Gasteiger partial charge on any atom is -0.481 e. The van der Waals surface area contributed by atoms with E-state index in [0.29, 0.717) is 0 Å². The summed E-state index contributed by atoms with van der Waals surface area (Å²) in [6.45, 7) is 3.38. The molecule has 0 heterocycles. The van der Waals surface area contributed by atoms with E-state index in [1.807, 2.05) is 30.3 Å². The highest BCUT2D eigenvalue weighted by molar-refractivity contribution is 5.98. The normalized spacial score (nSPS) is 12.2. The lowest BCUT2D eigenvalue weighted by atomic mass is 9.98. The number of aliphatic carboxylic acids is 1. The van der Waals surface area contributed by atoms with Crippen LogP contribution < -0.4 is 5.73 Å². The zero-order valence-electron chi connectivity index (χ0n) is 9.17. The van der Waals surface area contributed by atoms with E-state index < -0.39 is 17.8 Å². The fourth-order valence-electron chi connectivity index (χ4n) is 1.27. The monoisotopic (exact) mass is 231 g/mol. The topological polar surface area (TPSA) is 80.4 Å². The lowest BCUT2D eigenvalue weighted by molar-refractivity contribution is -0.139. The highest BCUT2D eigenvalue weighted by Gasteiger charge is 2.21. The molecule has 0 aliphatic heterocycles. The Kier molecular flexibility index (Phi) is 4.22. The van der Waals surface area contributed by atoms with Crippen LogP contribution in [-0.4, -0.2) is 17.0 Å². The highest BCUT2D eigenvalue weighted by atomic mass is 16.4. The number of rotatable bonds is 5. The van der Waals surface area contributed by atoms with Crippen LogP contribution >= 0.6 is 0 Å². The molecule has 1 unspecified atom stereocenters. The van der Waals surface area contributed by atoms with Gasteiger partial charge in [0.15, 0.2) is 0 Å². The molecule has 0 fully saturated rings. The molecular weight excluding hydrogens is 218 g/mol. The number of amides is 1. The highest BCUT2D eigenvalue weighted by Crippen LogP contribution is 2.13. The van der Waals surface area contributed by atoms with Crippen molar-refractivity contribution >= 4 is 18.0 Å². The van der Waals surface area contributed by atoms with Crippen LogP contribution in [0.25, 0.3) is 6.08 Å². The third kappa shape index (κ3) is 3.61. The Morgan fingerprint density at radius 2 is 1.88 bits per heavy atom. The van der Waals surface area contributed by atoms with Gasteiger partial charge >= 0.3 is 5.97 Å². The number of primary amides is 1. The summed E-state index contributed by atoms with van der Waals surface area (Å²) < 4.78 is 0. The third-order valence-electron chi connectivity index (χ3n) is 2.24. The van der Waals surface area contributed by atoms with Crippen molar-refractivity contribution in [3.05, 3.63) is 54.1 Å². The van der Waals surface area contributed by atoms with Gasteiger partial charge in [-0.05, 0) is 5.56 Å². The summed E-state index contributed by atoms with van der Waals surface area (Å²) in [5.74, 6) is -3.05. The van der Waals surface area contributed by atoms with Crippen LogP contribution in [0.2, 0.25) is 0 Å². The number of benzene rings is 1. The molecule has 0 aliphatic rings. The van der Waals surface area contributed by atoms with Crippen molar-refractivity contribution in [1.29, 1.82) is 0 Å². The van der Waals surface area contributed by atoms with E-state index in [1.165, 1.54) is 6.08 Å². The zero-order chi connectivity index (χ0) is 12.8. The van der Waals surface area contributed by atoms with E-state index >= 15 is 0 Å². The van der Waals surface area contributed by atoms with E-state index in [9.17, 15) is 9.59 Å². The minimum absolute atomic E-state index is 0.135. The van der Waals surface area contributed by atoms with Gasteiger partial charge in [-0.3, -0.25) is 9.59 Å². The molecule has 1 rings (SSSR count). The molecule has 0 saturated carbocycles. The van der Waals surface area contributed by atoms with Crippen LogP contribution in [0.5, 0.6) is 0 Å². The Labute approximate surface area is 99.1 Å². The van der Waals surface area contributed by atoms with Gasteiger partial charge < -0.3 is 10.8 Å². The number of carboxylic acid groups (broad SMARTS) is 1. The first-order valence-corrected chi connectivity index (χ1v) is 4.97. The fourth-order valence-corrected chi connectivity index (χ4v) is 1.27. The Morgan fingerprint density at radius 3 is 2.35 bits per heavy atom. The summed E-state index contributed by atoms with van der Waals surface area (Å²) in [7, 11) is 0. The van der Waals surface area contributed by atoms with Gasteiger partial charge in [0.1, 0.15) is 5.92 Å². The predicted octanol–water partition coefficient (Wildman–Crippen LogP) is 1.44. The molecule has 0 bridgehead atoms. The number of carbonyl (C=O) groups is 2. The van der Waals surface area contributed by atoms with E-state index in [2.05, 4.69) is 6.58 Å². The molecule has 3 N–H and O–H groups in total. The lowest BCUT2D eigenvalue weighted by Gasteiger charge is -2.07. The number of nitrogens with two attached hydrogens (primary N) is 1.